The van der Waals surface area contributed by atoms with E-state index in [0.29, 0.717) is 6.04 Å². The average molecular weight is 240 g/mol. The first-order valence-corrected chi connectivity index (χ1v) is 7.04. The maximum absolute atomic E-state index is 9.08. The Labute approximate surface area is 106 Å². The van der Waals surface area contributed by atoms with Crippen LogP contribution in [0.4, 0.5) is 0 Å². The number of hydrogen-bond donors (Lipinski definition) is 2. The van der Waals surface area contributed by atoms with Crippen molar-refractivity contribution in [2.45, 2.75) is 44.6 Å². The average Bonchev–Trinajstić information content (AvgIpc) is 2.82. The SMILES string of the molecule is C=CCCCCCN(CCO)CC1CCCN1. The van der Waals surface area contributed by atoms with Gasteiger partial charge in [-0.3, -0.25) is 4.90 Å². The first-order chi connectivity index (χ1) is 8.36. The third kappa shape index (κ3) is 6.81. The lowest BCUT2D eigenvalue weighted by Crippen LogP contribution is -2.39. The fourth-order valence-corrected chi connectivity index (χ4v) is 2.46. The standard InChI is InChI=1S/C14H28N2O/c1-2-3-4-5-6-10-16(11-12-17)13-14-8-7-9-15-14/h2,14-15,17H,1,3-13H2. The predicted octanol–water partition coefficient (Wildman–Crippen LogP) is 1.78. The molecule has 0 bridgehead atoms. The summed E-state index contributed by atoms with van der Waals surface area (Å²) in [7, 11) is 0. The zero-order valence-corrected chi connectivity index (χ0v) is 11.0. The molecule has 1 saturated heterocycles. The highest BCUT2D eigenvalue weighted by molar-refractivity contribution is 4.78. The molecule has 17 heavy (non-hydrogen) atoms. The Kier molecular flexibility index (Phi) is 8.32. The van der Waals surface area contributed by atoms with Crippen molar-refractivity contribution in [2.24, 2.45) is 0 Å². The molecule has 0 amide bonds. The molecule has 100 valence electrons. The van der Waals surface area contributed by atoms with E-state index in [1.165, 1.54) is 32.1 Å². The second kappa shape index (κ2) is 9.63. The van der Waals surface area contributed by atoms with Crippen LogP contribution in [0.2, 0.25) is 0 Å². The summed E-state index contributed by atoms with van der Waals surface area (Å²) in [4.78, 5) is 2.40. The van der Waals surface area contributed by atoms with Crippen LogP contribution in [0.15, 0.2) is 12.7 Å². The first kappa shape index (κ1) is 14.7. The van der Waals surface area contributed by atoms with Crippen LogP contribution in [0, 0.1) is 0 Å². The Balaban J connectivity index is 2.10. The summed E-state index contributed by atoms with van der Waals surface area (Å²) in [6.07, 6.45) is 9.47. The molecule has 0 aromatic heterocycles. The van der Waals surface area contributed by atoms with Crippen molar-refractivity contribution >= 4 is 0 Å². The molecule has 0 aromatic rings. The van der Waals surface area contributed by atoms with Crippen molar-refractivity contribution in [1.82, 2.24) is 10.2 Å². The molecule has 0 spiro atoms. The van der Waals surface area contributed by atoms with Crippen LogP contribution in [0.5, 0.6) is 0 Å². The Bertz CT molecular complexity index is 191. The van der Waals surface area contributed by atoms with Crippen molar-refractivity contribution in [3.63, 3.8) is 0 Å². The van der Waals surface area contributed by atoms with Gasteiger partial charge in [0.25, 0.3) is 0 Å². The van der Waals surface area contributed by atoms with Gasteiger partial charge in [-0.1, -0.05) is 12.5 Å². The van der Waals surface area contributed by atoms with Crippen LogP contribution in [0.1, 0.15) is 38.5 Å². The van der Waals surface area contributed by atoms with Gasteiger partial charge in [0.15, 0.2) is 0 Å². The molecule has 0 aliphatic carbocycles. The molecule has 1 aliphatic rings. The van der Waals surface area contributed by atoms with Crippen molar-refractivity contribution in [2.75, 3.05) is 32.8 Å². The minimum Gasteiger partial charge on any atom is -0.395 e. The molecule has 1 atom stereocenters. The molecular formula is C14H28N2O. The van der Waals surface area contributed by atoms with E-state index in [0.717, 1.165) is 32.6 Å². The van der Waals surface area contributed by atoms with Gasteiger partial charge in [0.2, 0.25) is 0 Å². The van der Waals surface area contributed by atoms with Gasteiger partial charge in [0.05, 0.1) is 6.61 Å². The summed E-state index contributed by atoms with van der Waals surface area (Å²) in [6, 6.07) is 0.648. The van der Waals surface area contributed by atoms with Gasteiger partial charge < -0.3 is 10.4 Å². The smallest absolute Gasteiger partial charge is 0.0558 e. The molecule has 1 unspecified atom stereocenters. The second-order valence-electron chi connectivity index (χ2n) is 4.96. The van der Waals surface area contributed by atoms with Crippen molar-refractivity contribution < 1.29 is 5.11 Å². The van der Waals surface area contributed by atoms with E-state index in [1.807, 2.05) is 6.08 Å². The molecule has 2 N–H and O–H groups in total. The largest absolute Gasteiger partial charge is 0.395 e. The van der Waals surface area contributed by atoms with Crippen LogP contribution >= 0.6 is 0 Å². The number of unbranched alkanes of at least 4 members (excludes halogenated alkanes) is 3. The van der Waals surface area contributed by atoms with E-state index in [1.54, 1.807) is 0 Å². The van der Waals surface area contributed by atoms with E-state index in [-0.39, 0.29) is 6.61 Å². The highest BCUT2D eigenvalue weighted by Gasteiger charge is 2.17. The minimum absolute atomic E-state index is 0.277. The first-order valence-electron chi connectivity index (χ1n) is 7.04. The fraction of sp³-hybridized carbons (Fsp3) is 0.857. The highest BCUT2D eigenvalue weighted by Crippen LogP contribution is 2.08. The Hall–Kier alpha value is -0.380. The number of aliphatic hydroxyl groups is 1. The molecule has 1 heterocycles. The van der Waals surface area contributed by atoms with Gasteiger partial charge in [-0.2, -0.15) is 0 Å². The Morgan fingerprint density at radius 2 is 2.18 bits per heavy atom. The van der Waals surface area contributed by atoms with E-state index < -0.39 is 0 Å². The summed E-state index contributed by atoms with van der Waals surface area (Å²) in [6.45, 7) is 8.22. The number of rotatable bonds is 10. The molecule has 0 saturated carbocycles. The maximum Gasteiger partial charge on any atom is 0.0558 e. The van der Waals surface area contributed by atoms with Gasteiger partial charge >= 0.3 is 0 Å². The van der Waals surface area contributed by atoms with E-state index >= 15 is 0 Å². The molecule has 1 rings (SSSR count). The lowest BCUT2D eigenvalue weighted by atomic mass is 10.1. The summed E-state index contributed by atoms with van der Waals surface area (Å²) in [5.74, 6) is 0. The Morgan fingerprint density at radius 1 is 1.29 bits per heavy atom. The summed E-state index contributed by atoms with van der Waals surface area (Å²) in [5, 5.41) is 12.6. The van der Waals surface area contributed by atoms with Crippen molar-refractivity contribution in [1.29, 1.82) is 0 Å². The van der Waals surface area contributed by atoms with Crippen LogP contribution < -0.4 is 5.32 Å². The maximum atomic E-state index is 9.08. The van der Waals surface area contributed by atoms with Gasteiger partial charge in [-0.25, -0.2) is 0 Å². The molecular weight excluding hydrogens is 212 g/mol. The molecule has 3 heteroatoms. The third-order valence-corrected chi connectivity index (χ3v) is 3.44. The predicted molar refractivity (Wildman–Crippen MR) is 73.2 cm³/mol. The second-order valence-corrected chi connectivity index (χ2v) is 4.96. The minimum atomic E-state index is 0.277. The molecule has 0 aromatic carbocycles. The number of hydrogen-bond acceptors (Lipinski definition) is 3. The highest BCUT2D eigenvalue weighted by atomic mass is 16.3. The summed E-state index contributed by atoms with van der Waals surface area (Å²) in [5.41, 5.74) is 0. The fourth-order valence-electron chi connectivity index (χ4n) is 2.46. The topological polar surface area (TPSA) is 35.5 Å². The lowest BCUT2D eigenvalue weighted by molar-refractivity contribution is 0.182. The summed E-state index contributed by atoms with van der Waals surface area (Å²) < 4.78 is 0. The van der Waals surface area contributed by atoms with Crippen molar-refractivity contribution in [3.05, 3.63) is 12.7 Å². The van der Waals surface area contributed by atoms with E-state index in [2.05, 4.69) is 16.8 Å². The van der Waals surface area contributed by atoms with E-state index in [9.17, 15) is 0 Å². The van der Waals surface area contributed by atoms with Gasteiger partial charge in [0.1, 0.15) is 0 Å². The number of allylic oxidation sites excluding steroid dienone is 1. The lowest BCUT2D eigenvalue weighted by Gasteiger charge is -2.24. The molecule has 1 aliphatic heterocycles. The monoisotopic (exact) mass is 240 g/mol. The number of nitrogens with zero attached hydrogens (tertiary/aromatic N) is 1. The summed E-state index contributed by atoms with van der Waals surface area (Å²) >= 11 is 0. The van der Waals surface area contributed by atoms with Crippen molar-refractivity contribution in [3.8, 4) is 0 Å². The third-order valence-electron chi connectivity index (χ3n) is 3.44. The zero-order chi connectivity index (χ0) is 12.3. The molecule has 1 fully saturated rings. The molecule has 3 nitrogen and oxygen atoms in total. The van der Waals surface area contributed by atoms with Crippen LogP contribution in [-0.2, 0) is 0 Å². The van der Waals surface area contributed by atoms with E-state index in [4.69, 9.17) is 5.11 Å². The quantitative estimate of drug-likeness (QED) is 0.451. The van der Waals surface area contributed by atoms with Gasteiger partial charge in [-0.15, -0.1) is 6.58 Å². The Morgan fingerprint density at radius 3 is 2.82 bits per heavy atom. The van der Waals surface area contributed by atoms with Gasteiger partial charge in [0, 0.05) is 19.1 Å². The number of nitrogens with one attached hydrogen (secondary N) is 1. The number of aliphatic hydroxyl groups excluding tert-OH is 1. The zero-order valence-electron chi connectivity index (χ0n) is 11.0. The van der Waals surface area contributed by atoms with Crippen LogP contribution in [-0.4, -0.2) is 48.8 Å². The van der Waals surface area contributed by atoms with Crippen LogP contribution in [0.25, 0.3) is 0 Å². The molecule has 0 radical (unpaired) electrons. The van der Waals surface area contributed by atoms with Gasteiger partial charge in [-0.05, 0) is 45.2 Å². The normalized spacial score (nSPS) is 20.0. The van der Waals surface area contributed by atoms with Crippen LogP contribution in [0.3, 0.4) is 0 Å².